The third-order valence-electron chi connectivity index (χ3n) is 2.45. The van der Waals surface area contributed by atoms with Gasteiger partial charge in [-0.2, -0.15) is 10.2 Å². The lowest BCUT2D eigenvalue weighted by molar-refractivity contribution is 0.579. The van der Waals surface area contributed by atoms with Crippen LogP contribution in [0.4, 0.5) is 0 Å². The molecule has 100 valence electrons. The van der Waals surface area contributed by atoms with Crippen molar-refractivity contribution in [3.8, 4) is 0 Å². The van der Waals surface area contributed by atoms with E-state index in [4.69, 9.17) is 0 Å². The molecule has 5 nitrogen and oxygen atoms in total. The lowest BCUT2D eigenvalue weighted by Gasteiger charge is -2.08. The second-order valence-electron chi connectivity index (χ2n) is 3.97. The monoisotopic (exact) mass is 341 g/mol. The van der Waals surface area contributed by atoms with Gasteiger partial charge < -0.3 is 0 Å². The smallest absolute Gasteiger partial charge is 0.207 e. The molecule has 0 saturated heterocycles. The summed E-state index contributed by atoms with van der Waals surface area (Å²) in [5.74, 6) is 0. The summed E-state index contributed by atoms with van der Waals surface area (Å²) in [5, 5.41) is 7.52. The van der Waals surface area contributed by atoms with Crippen molar-refractivity contribution in [2.45, 2.75) is 18.4 Å². The maximum atomic E-state index is 12.1. The summed E-state index contributed by atoms with van der Waals surface area (Å²) in [6, 6.07) is 8.50. The predicted octanol–water partition coefficient (Wildman–Crippen LogP) is 2.03. The minimum atomic E-state index is -3.57. The van der Waals surface area contributed by atoms with Crippen LogP contribution >= 0.6 is 15.9 Å². The van der Waals surface area contributed by atoms with Gasteiger partial charge in [0, 0.05) is 10.7 Å². The first kappa shape index (κ1) is 14.1. The molecule has 0 bridgehead atoms. The summed E-state index contributed by atoms with van der Waals surface area (Å²) >= 11 is 3.26. The molecule has 0 unspecified atom stereocenters. The molecule has 19 heavy (non-hydrogen) atoms. The molecule has 0 aliphatic carbocycles. The zero-order valence-corrected chi connectivity index (χ0v) is 12.6. The summed E-state index contributed by atoms with van der Waals surface area (Å²) in [6.45, 7) is 2.00. The highest BCUT2D eigenvalue weighted by molar-refractivity contribution is 9.10. The van der Waals surface area contributed by atoms with Crippen LogP contribution in [0.3, 0.4) is 0 Å². The molecule has 1 aromatic heterocycles. The third kappa shape index (κ3) is 3.59. The van der Waals surface area contributed by atoms with Crippen molar-refractivity contribution in [3.05, 3.63) is 52.3 Å². The molecule has 1 aromatic carbocycles. The fraction of sp³-hybridized carbons (Fsp3) is 0.167. The molecule has 0 atom stereocenters. The van der Waals surface area contributed by atoms with Gasteiger partial charge in [0.25, 0.3) is 0 Å². The molecule has 1 N–H and O–H groups in total. The van der Waals surface area contributed by atoms with Crippen molar-refractivity contribution >= 4 is 26.0 Å². The number of halogens is 1. The van der Waals surface area contributed by atoms with Crippen molar-refractivity contribution in [3.63, 3.8) is 0 Å². The molecule has 0 fully saturated rings. The molecular formula is C12H12BrN3O2S. The summed E-state index contributed by atoms with van der Waals surface area (Å²) < 4.78 is 27.3. The third-order valence-corrected chi connectivity index (χ3v) is 4.83. The number of nitrogens with zero attached hydrogens (tertiary/aromatic N) is 2. The number of sulfonamides is 1. The van der Waals surface area contributed by atoms with Gasteiger partial charge in [0.2, 0.25) is 10.0 Å². The number of nitrogens with one attached hydrogen (secondary N) is 1. The van der Waals surface area contributed by atoms with E-state index in [0.717, 1.165) is 5.56 Å². The Balaban J connectivity index is 2.19. The minimum Gasteiger partial charge on any atom is -0.207 e. The molecular weight excluding hydrogens is 330 g/mol. The van der Waals surface area contributed by atoms with Crippen molar-refractivity contribution in [2.75, 3.05) is 0 Å². The Kier molecular flexibility index (Phi) is 4.28. The number of rotatable bonds is 4. The normalized spacial score (nSPS) is 11.5. The van der Waals surface area contributed by atoms with E-state index in [1.165, 1.54) is 6.20 Å². The summed E-state index contributed by atoms with van der Waals surface area (Å²) in [6.07, 6.45) is 1.54. The second-order valence-corrected chi connectivity index (χ2v) is 6.56. The SMILES string of the molecule is Cc1ccc(S(=O)(=O)NCc2cccnn2)c(Br)c1. The van der Waals surface area contributed by atoms with Crippen LogP contribution in [0.25, 0.3) is 0 Å². The Morgan fingerprint density at radius 3 is 2.74 bits per heavy atom. The molecule has 0 aliphatic rings. The Hall–Kier alpha value is -1.31. The van der Waals surface area contributed by atoms with E-state index in [0.29, 0.717) is 10.2 Å². The summed E-state index contributed by atoms with van der Waals surface area (Å²) in [4.78, 5) is 0.210. The highest BCUT2D eigenvalue weighted by atomic mass is 79.9. The molecule has 2 aromatic rings. The molecule has 0 aliphatic heterocycles. The van der Waals surface area contributed by atoms with Gasteiger partial charge in [0.05, 0.1) is 17.1 Å². The standard InChI is InChI=1S/C12H12BrN3O2S/c1-9-4-5-12(11(13)7-9)19(17,18)15-8-10-3-2-6-14-16-10/h2-7,15H,8H2,1H3. The predicted molar refractivity (Wildman–Crippen MR) is 74.9 cm³/mol. The number of hydrogen-bond acceptors (Lipinski definition) is 4. The van der Waals surface area contributed by atoms with E-state index >= 15 is 0 Å². The first-order chi connectivity index (χ1) is 8.99. The maximum Gasteiger partial charge on any atom is 0.242 e. The summed E-state index contributed by atoms with van der Waals surface area (Å²) in [5.41, 5.74) is 1.55. The zero-order chi connectivity index (χ0) is 13.9. The largest absolute Gasteiger partial charge is 0.242 e. The Morgan fingerprint density at radius 2 is 2.11 bits per heavy atom. The zero-order valence-electron chi connectivity index (χ0n) is 10.2. The highest BCUT2D eigenvalue weighted by Crippen LogP contribution is 2.22. The molecule has 0 saturated carbocycles. The quantitative estimate of drug-likeness (QED) is 0.923. The van der Waals surface area contributed by atoms with E-state index < -0.39 is 10.0 Å². The second kappa shape index (κ2) is 5.77. The van der Waals surface area contributed by atoms with Crippen molar-refractivity contribution in [1.82, 2.24) is 14.9 Å². The summed E-state index contributed by atoms with van der Waals surface area (Å²) in [7, 11) is -3.57. The van der Waals surface area contributed by atoms with E-state index in [1.807, 2.05) is 6.92 Å². The van der Waals surface area contributed by atoms with E-state index in [2.05, 4.69) is 30.8 Å². The van der Waals surface area contributed by atoms with E-state index in [1.54, 1.807) is 30.3 Å². The van der Waals surface area contributed by atoms with E-state index in [9.17, 15) is 8.42 Å². The first-order valence-corrected chi connectivity index (χ1v) is 7.79. The average Bonchev–Trinajstić information content (AvgIpc) is 2.37. The Morgan fingerprint density at radius 1 is 1.32 bits per heavy atom. The minimum absolute atomic E-state index is 0.108. The lowest BCUT2D eigenvalue weighted by atomic mass is 10.2. The molecule has 0 spiro atoms. The van der Waals surface area contributed by atoms with E-state index in [-0.39, 0.29) is 11.4 Å². The van der Waals surface area contributed by atoms with Gasteiger partial charge in [-0.05, 0) is 52.7 Å². The fourth-order valence-corrected chi connectivity index (χ4v) is 3.69. The number of benzene rings is 1. The lowest BCUT2D eigenvalue weighted by Crippen LogP contribution is -2.24. The van der Waals surface area contributed by atoms with Crippen LogP contribution < -0.4 is 4.72 Å². The topological polar surface area (TPSA) is 72.0 Å². The average molecular weight is 342 g/mol. The van der Waals surface area contributed by atoms with Crippen LogP contribution in [0.1, 0.15) is 11.3 Å². The van der Waals surface area contributed by atoms with Gasteiger partial charge in [-0.1, -0.05) is 6.07 Å². The Labute approximate surface area is 120 Å². The molecule has 1 heterocycles. The van der Waals surface area contributed by atoms with Crippen LogP contribution in [0.5, 0.6) is 0 Å². The van der Waals surface area contributed by atoms with Gasteiger partial charge in [-0.25, -0.2) is 13.1 Å². The van der Waals surface area contributed by atoms with Crippen LogP contribution in [-0.4, -0.2) is 18.6 Å². The fourth-order valence-electron chi connectivity index (χ4n) is 1.50. The van der Waals surface area contributed by atoms with Crippen LogP contribution in [0.15, 0.2) is 45.9 Å². The van der Waals surface area contributed by atoms with Gasteiger partial charge in [0.15, 0.2) is 0 Å². The number of aryl methyl sites for hydroxylation is 1. The molecule has 7 heteroatoms. The van der Waals surface area contributed by atoms with Gasteiger partial charge in [0.1, 0.15) is 0 Å². The van der Waals surface area contributed by atoms with Crippen molar-refractivity contribution in [2.24, 2.45) is 0 Å². The van der Waals surface area contributed by atoms with Crippen LogP contribution in [0, 0.1) is 6.92 Å². The number of hydrogen-bond donors (Lipinski definition) is 1. The van der Waals surface area contributed by atoms with Crippen LogP contribution in [-0.2, 0) is 16.6 Å². The first-order valence-electron chi connectivity index (χ1n) is 5.51. The van der Waals surface area contributed by atoms with Crippen molar-refractivity contribution < 1.29 is 8.42 Å². The molecule has 2 rings (SSSR count). The molecule has 0 radical (unpaired) electrons. The van der Waals surface area contributed by atoms with Crippen LogP contribution in [0.2, 0.25) is 0 Å². The van der Waals surface area contributed by atoms with Crippen molar-refractivity contribution in [1.29, 1.82) is 0 Å². The maximum absolute atomic E-state index is 12.1. The molecule has 0 amide bonds. The van der Waals surface area contributed by atoms with Gasteiger partial charge >= 0.3 is 0 Å². The number of aromatic nitrogens is 2. The van der Waals surface area contributed by atoms with Gasteiger partial charge in [-0.15, -0.1) is 0 Å². The Bertz CT molecular complexity index is 675. The highest BCUT2D eigenvalue weighted by Gasteiger charge is 2.17. The van der Waals surface area contributed by atoms with Gasteiger partial charge in [-0.3, -0.25) is 0 Å².